The molecule has 0 radical (unpaired) electrons. The van der Waals surface area contributed by atoms with Gasteiger partial charge < -0.3 is 9.47 Å². The number of nitrogens with zero attached hydrogens (tertiary/aromatic N) is 2. The third-order valence-electron chi connectivity index (χ3n) is 3.80. The molecule has 0 fully saturated rings. The molecule has 0 spiro atoms. The smallest absolute Gasteiger partial charge is 0.311 e. The standard InChI is InChI=1S/C21H19Br2N3O3S/c1-2-28-20(27)10-18-13-30-21(25-18)26-24-11-15-9-17(23)6-7-19(15)29-12-14-4-3-5-16(22)8-14/h3-9,11,13H,2,10,12H2,1H3,(H,25,26). The van der Waals surface area contributed by atoms with E-state index in [0.29, 0.717) is 29.8 Å². The molecule has 9 heteroatoms. The molecule has 1 heterocycles. The maximum Gasteiger partial charge on any atom is 0.311 e. The zero-order valence-corrected chi connectivity index (χ0v) is 20.1. The number of benzene rings is 2. The van der Waals surface area contributed by atoms with Crippen LogP contribution in [-0.2, 0) is 22.6 Å². The lowest BCUT2D eigenvalue weighted by Crippen LogP contribution is -2.07. The minimum absolute atomic E-state index is 0.148. The molecule has 30 heavy (non-hydrogen) atoms. The lowest BCUT2D eigenvalue weighted by atomic mass is 10.2. The van der Waals surface area contributed by atoms with Gasteiger partial charge in [-0.1, -0.05) is 44.0 Å². The van der Waals surface area contributed by atoms with Crippen LogP contribution in [0.1, 0.15) is 23.7 Å². The minimum Gasteiger partial charge on any atom is -0.488 e. The Labute approximate surface area is 195 Å². The molecular weight excluding hydrogens is 534 g/mol. The molecule has 3 rings (SSSR count). The van der Waals surface area contributed by atoms with E-state index in [2.05, 4.69) is 47.4 Å². The first-order valence-electron chi connectivity index (χ1n) is 9.09. The van der Waals surface area contributed by atoms with Gasteiger partial charge in [-0.15, -0.1) is 11.3 Å². The highest BCUT2D eigenvalue weighted by Crippen LogP contribution is 2.24. The van der Waals surface area contributed by atoms with Gasteiger partial charge in [0.25, 0.3) is 0 Å². The van der Waals surface area contributed by atoms with Gasteiger partial charge in [-0.3, -0.25) is 10.2 Å². The van der Waals surface area contributed by atoms with E-state index in [9.17, 15) is 4.79 Å². The Morgan fingerprint density at radius 2 is 2.07 bits per heavy atom. The first-order chi connectivity index (χ1) is 14.5. The van der Waals surface area contributed by atoms with E-state index >= 15 is 0 Å². The number of hydrogen-bond donors (Lipinski definition) is 1. The molecule has 3 aromatic rings. The number of rotatable bonds is 9. The number of aromatic nitrogens is 1. The molecule has 0 aliphatic rings. The van der Waals surface area contributed by atoms with E-state index in [1.807, 2.05) is 42.5 Å². The summed E-state index contributed by atoms with van der Waals surface area (Å²) in [7, 11) is 0. The van der Waals surface area contributed by atoms with E-state index in [1.54, 1.807) is 18.5 Å². The van der Waals surface area contributed by atoms with Crippen LogP contribution >= 0.6 is 43.2 Å². The van der Waals surface area contributed by atoms with Gasteiger partial charge >= 0.3 is 5.97 Å². The van der Waals surface area contributed by atoms with Crippen LogP contribution in [0, 0.1) is 0 Å². The molecule has 6 nitrogen and oxygen atoms in total. The number of ether oxygens (including phenoxy) is 2. The summed E-state index contributed by atoms with van der Waals surface area (Å²) in [5.41, 5.74) is 5.42. The van der Waals surface area contributed by atoms with E-state index in [4.69, 9.17) is 9.47 Å². The number of anilines is 1. The molecule has 2 aromatic carbocycles. The van der Waals surface area contributed by atoms with E-state index < -0.39 is 0 Å². The maximum atomic E-state index is 11.5. The fraction of sp³-hybridized carbons (Fsp3) is 0.190. The van der Waals surface area contributed by atoms with Gasteiger partial charge in [-0.2, -0.15) is 5.10 Å². The van der Waals surface area contributed by atoms with Crippen molar-refractivity contribution in [2.24, 2.45) is 5.10 Å². The zero-order valence-electron chi connectivity index (χ0n) is 16.1. The topological polar surface area (TPSA) is 72.8 Å². The Kier molecular flexibility index (Phi) is 8.41. The Balaban J connectivity index is 1.63. The normalized spacial score (nSPS) is 10.9. The Hall–Kier alpha value is -2.23. The fourth-order valence-electron chi connectivity index (χ4n) is 2.50. The van der Waals surface area contributed by atoms with Gasteiger partial charge in [-0.25, -0.2) is 4.98 Å². The summed E-state index contributed by atoms with van der Waals surface area (Å²) in [5.74, 6) is 0.421. The van der Waals surface area contributed by atoms with Crippen LogP contribution < -0.4 is 10.2 Å². The number of nitrogens with one attached hydrogen (secondary N) is 1. The van der Waals surface area contributed by atoms with Gasteiger partial charge in [0.2, 0.25) is 5.13 Å². The third kappa shape index (κ3) is 6.93. The predicted molar refractivity (Wildman–Crippen MR) is 126 cm³/mol. The highest BCUT2D eigenvalue weighted by atomic mass is 79.9. The number of carbonyl (C=O) groups is 1. The molecule has 0 bridgehead atoms. The van der Waals surface area contributed by atoms with Crippen molar-refractivity contribution in [1.82, 2.24) is 4.98 Å². The summed E-state index contributed by atoms with van der Waals surface area (Å²) < 4.78 is 12.8. The van der Waals surface area contributed by atoms with Crippen LogP contribution in [0.3, 0.4) is 0 Å². The quantitative estimate of drug-likeness (QED) is 0.206. The van der Waals surface area contributed by atoms with Crippen molar-refractivity contribution < 1.29 is 14.3 Å². The van der Waals surface area contributed by atoms with Gasteiger partial charge in [0.15, 0.2) is 0 Å². The number of hydrazone groups is 1. The highest BCUT2D eigenvalue weighted by Gasteiger charge is 2.08. The van der Waals surface area contributed by atoms with Crippen molar-refractivity contribution in [3.8, 4) is 5.75 Å². The zero-order chi connectivity index (χ0) is 21.3. The van der Waals surface area contributed by atoms with Crippen LogP contribution in [0.2, 0.25) is 0 Å². The van der Waals surface area contributed by atoms with Crippen LogP contribution in [0.25, 0.3) is 0 Å². The number of esters is 1. The average molecular weight is 553 g/mol. The van der Waals surface area contributed by atoms with Gasteiger partial charge in [0.1, 0.15) is 12.4 Å². The summed E-state index contributed by atoms with van der Waals surface area (Å²) in [5, 5.41) is 6.66. The minimum atomic E-state index is -0.292. The summed E-state index contributed by atoms with van der Waals surface area (Å²) in [6.45, 7) is 2.58. The number of thiazole rings is 1. The van der Waals surface area contributed by atoms with Gasteiger partial charge in [0, 0.05) is 19.9 Å². The molecule has 0 aliphatic heterocycles. The monoisotopic (exact) mass is 551 g/mol. The summed E-state index contributed by atoms with van der Waals surface area (Å²) in [4.78, 5) is 15.9. The van der Waals surface area contributed by atoms with Crippen LogP contribution in [-0.4, -0.2) is 23.8 Å². The Bertz CT molecular complexity index is 1040. The second-order valence-electron chi connectivity index (χ2n) is 6.10. The lowest BCUT2D eigenvalue weighted by Gasteiger charge is -2.10. The van der Waals surface area contributed by atoms with Crippen molar-refractivity contribution in [2.75, 3.05) is 12.0 Å². The van der Waals surface area contributed by atoms with E-state index in [1.165, 1.54) is 11.3 Å². The van der Waals surface area contributed by atoms with Crippen molar-refractivity contribution in [3.05, 3.63) is 73.6 Å². The van der Waals surface area contributed by atoms with Crippen molar-refractivity contribution in [2.45, 2.75) is 20.0 Å². The van der Waals surface area contributed by atoms with Crippen LogP contribution in [0.5, 0.6) is 5.75 Å². The van der Waals surface area contributed by atoms with E-state index in [0.717, 1.165) is 20.1 Å². The highest BCUT2D eigenvalue weighted by molar-refractivity contribution is 9.10. The fourth-order valence-corrected chi connectivity index (χ4v) is 3.98. The molecule has 0 unspecified atom stereocenters. The molecular formula is C21H19Br2N3O3S. The van der Waals surface area contributed by atoms with E-state index in [-0.39, 0.29) is 12.4 Å². The number of hydrogen-bond acceptors (Lipinski definition) is 7. The second kappa shape index (κ2) is 11.2. The summed E-state index contributed by atoms with van der Waals surface area (Å²) in [6, 6.07) is 13.7. The van der Waals surface area contributed by atoms with Crippen LogP contribution in [0.15, 0.2) is 61.9 Å². The maximum absolute atomic E-state index is 11.5. The first kappa shape index (κ1) is 22.5. The molecule has 156 valence electrons. The van der Waals surface area contributed by atoms with Crippen molar-refractivity contribution in [3.63, 3.8) is 0 Å². The molecule has 1 N–H and O–H groups in total. The average Bonchev–Trinajstić information content (AvgIpc) is 3.14. The van der Waals surface area contributed by atoms with Crippen molar-refractivity contribution >= 4 is 60.5 Å². The molecule has 1 aromatic heterocycles. The molecule has 0 amide bonds. The summed E-state index contributed by atoms with van der Waals surface area (Å²) >= 11 is 8.32. The Morgan fingerprint density at radius 1 is 1.23 bits per heavy atom. The largest absolute Gasteiger partial charge is 0.488 e. The summed E-state index contributed by atoms with van der Waals surface area (Å²) in [6.07, 6.45) is 1.82. The first-order valence-corrected chi connectivity index (χ1v) is 11.6. The molecule has 0 aliphatic carbocycles. The third-order valence-corrected chi connectivity index (χ3v) is 5.58. The molecule has 0 saturated carbocycles. The number of halogens is 2. The van der Waals surface area contributed by atoms with Crippen LogP contribution in [0.4, 0.5) is 5.13 Å². The number of carbonyl (C=O) groups excluding carboxylic acids is 1. The van der Waals surface area contributed by atoms with Gasteiger partial charge in [-0.05, 0) is 42.8 Å². The predicted octanol–water partition coefficient (Wildman–Crippen LogP) is 5.80. The van der Waals surface area contributed by atoms with Gasteiger partial charge in [0.05, 0.1) is 24.9 Å². The van der Waals surface area contributed by atoms with Crippen molar-refractivity contribution in [1.29, 1.82) is 0 Å². The molecule has 0 saturated heterocycles. The SMILES string of the molecule is CCOC(=O)Cc1csc(NN=Cc2cc(Br)ccc2OCc2cccc(Br)c2)n1. The molecule has 0 atom stereocenters. The lowest BCUT2D eigenvalue weighted by molar-refractivity contribution is -0.142. The second-order valence-corrected chi connectivity index (χ2v) is 8.79. The Morgan fingerprint density at radius 3 is 2.87 bits per heavy atom.